The van der Waals surface area contributed by atoms with Crippen molar-refractivity contribution in [2.24, 2.45) is 5.92 Å². The van der Waals surface area contributed by atoms with Gasteiger partial charge in [-0.05, 0) is 44.4 Å². The van der Waals surface area contributed by atoms with Gasteiger partial charge in [0.2, 0.25) is 5.95 Å². The van der Waals surface area contributed by atoms with Gasteiger partial charge in [0, 0.05) is 24.5 Å². The highest BCUT2D eigenvalue weighted by molar-refractivity contribution is 5.29. The Hall–Kier alpha value is -0.990. The van der Waals surface area contributed by atoms with E-state index in [2.05, 4.69) is 28.0 Å². The van der Waals surface area contributed by atoms with Gasteiger partial charge in [-0.15, -0.1) is 0 Å². The molecule has 0 bridgehead atoms. The van der Waals surface area contributed by atoms with Crippen molar-refractivity contribution in [1.82, 2.24) is 9.55 Å². The SMILES string of the molecule is CC1CCC(Nc2nccn2C2CC2)CC1. The van der Waals surface area contributed by atoms with Crippen LogP contribution in [0.1, 0.15) is 51.5 Å². The molecule has 0 spiro atoms. The summed E-state index contributed by atoms with van der Waals surface area (Å²) in [4.78, 5) is 4.44. The smallest absolute Gasteiger partial charge is 0.203 e. The van der Waals surface area contributed by atoms with E-state index in [1.165, 1.54) is 38.5 Å². The van der Waals surface area contributed by atoms with Crippen molar-refractivity contribution in [3.63, 3.8) is 0 Å². The van der Waals surface area contributed by atoms with E-state index in [4.69, 9.17) is 0 Å². The predicted octanol–water partition coefficient (Wildman–Crippen LogP) is 3.21. The number of rotatable bonds is 3. The van der Waals surface area contributed by atoms with E-state index in [1.54, 1.807) is 0 Å². The number of aromatic nitrogens is 2. The largest absolute Gasteiger partial charge is 0.353 e. The maximum atomic E-state index is 4.44. The second-order valence-corrected chi connectivity index (χ2v) is 5.49. The number of anilines is 1. The predicted molar refractivity (Wildman–Crippen MR) is 65.5 cm³/mol. The number of imidazole rings is 1. The van der Waals surface area contributed by atoms with Gasteiger partial charge in [0.15, 0.2) is 0 Å². The number of nitrogens with one attached hydrogen (secondary N) is 1. The number of nitrogens with zero attached hydrogens (tertiary/aromatic N) is 2. The highest BCUT2D eigenvalue weighted by atomic mass is 15.2. The summed E-state index contributed by atoms with van der Waals surface area (Å²) in [6.45, 7) is 2.36. The fourth-order valence-electron chi connectivity index (χ4n) is 2.66. The van der Waals surface area contributed by atoms with Crippen LogP contribution in [0.3, 0.4) is 0 Å². The molecule has 0 aromatic carbocycles. The van der Waals surface area contributed by atoms with E-state index in [-0.39, 0.29) is 0 Å². The Kier molecular flexibility index (Phi) is 2.62. The van der Waals surface area contributed by atoms with Gasteiger partial charge in [-0.25, -0.2) is 4.98 Å². The lowest BCUT2D eigenvalue weighted by atomic mass is 9.87. The lowest BCUT2D eigenvalue weighted by Crippen LogP contribution is -2.26. The third-order valence-corrected chi connectivity index (χ3v) is 3.96. The first-order chi connectivity index (χ1) is 7.83. The Morgan fingerprint density at radius 3 is 2.62 bits per heavy atom. The van der Waals surface area contributed by atoms with Crippen LogP contribution >= 0.6 is 0 Å². The average Bonchev–Trinajstić information content (AvgIpc) is 3.03. The number of hydrogen-bond donors (Lipinski definition) is 1. The molecule has 2 saturated carbocycles. The molecule has 2 fully saturated rings. The molecule has 0 radical (unpaired) electrons. The van der Waals surface area contributed by atoms with Crippen LogP contribution in [0.2, 0.25) is 0 Å². The van der Waals surface area contributed by atoms with Crippen molar-refractivity contribution in [3.05, 3.63) is 12.4 Å². The first-order valence-corrected chi connectivity index (χ1v) is 6.62. The van der Waals surface area contributed by atoms with Crippen LogP contribution in [-0.4, -0.2) is 15.6 Å². The first-order valence-electron chi connectivity index (χ1n) is 6.62. The molecule has 0 unspecified atom stereocenters. The maximum Gasteiger partial charge on any atom is 0.203 e. The molecule has 3 nitrogen and oxygen atoms in total. The molecular formula is C13H21N3. The molecule has 1 N–H and O–H groups in total. The van der Waals surface area contributed by atoms with Crippen LogP contribution < -0.4 is 5.32 Å². The Bertz CT molecular complexity index is 346. The van der Waals surface area contributed by atoms with Crippen molar-refractivity contribution in [3.8, 4) is 0 Å². The van der Waals surface area contributed by atoms with Crippen molar-refractivity contribution in [2.75, 3.05) is 5.32 Å². The third kappa shape index (κ3) is 2.08. The molecule has 16 heavy (non-hydrogen) atoms. The van der Waals surface area contributed by atoms with Crippen molar-refractivity contribution in [1.29, 1.82) is 0 Å². The second-order valence-electron chi connectivity index (χ2n) is 5.49. The Labute approximate surface area is 97.3 Å². The Balaban J connectivity index is 1.62. The molecule has 0 aliphatic heterocycles. The van der Waals surface area contributed by atoms with Crippen molar-refractivity contribution in [2.45, 2.75) is 57.5 Å². The highest BCUT2D eigenvalue weighted by Crippen LogP contribution is 2.37. The van der Waals surface area contributed by atoms with Crippen LogP contribution in [0.5, 0.6) is 0 Å². The second kappa shape index (κ2) is 4.11. The van der Waals surface area contributed by atoms with Gasteiger partial charge >= 0.3 is 0 Å². The Morgan fingerprint density at radius 2 is 1.94 bits per heavy atom. The summed E-state index contributed by atoms with van der Waals surface area (Å²) in [5.74, 6) is 2.02. The molecule has 1 aromatic heterocycles. The standard InChI is InChI=1S/C13H21N3/c1-10-2-4-11(5-3-10)15-13-14-8-9-16(13)12-6-7-12/h8-12H,2-7H2,1H3,(H,14,15). The molecule has 1 aromatic rings. The number of hydrogen-bond acceptors (Lipinski definition) is 2. The van der Waals surface area contributed by atoms with E-state index in [0.717, 1.165) is 17.9 Å². The van der Waals surface area contributed by atoms with E-state index in [9.17, 15) is 0 Å². The lowest BCUT2D eigenvalue weighted by Gasteiger charge is -2.27. The van der Waals surface area contributed by atoms with Gasteiger partial charge in [0.25, 0.3) is 0 Å². The van der Waals surface area contributed by atoms with Gasteiger partial charge in [-0.1, -0.05) is 6.92 Å². The van der Waals surface area contributed by atoms with Gasteiger partial charge in [-0.3, -0.25) is 0 Å². The van der Waals surface area contributed by atoms with Gasteiger partial charge in [-0.2, -0.15) is 0 Å². The molecule has 0 saturated heterocycles. The van der Waals surface area contributed by atoms with E-state index >= 15 is 0 Å². The topological polar surface area (TPSA) is 29.9 Å². The molecule has 3 rings (SSSR count). The highest BCUT2D eigenvalue weighted by Gasteiger charge is 2.26. The summed E-state index contributed by atoms with van der Waals surface area (Å²) in [5, 5.41) is 3.62. The zero-order chi connectivity index (χ0) is 11.0. The molecule has 3 heteroatoms. The summed E-state index contributed by atoms with van der Waals surface area (Å²) < 4.78 is 2.32. The summed E-state index contributed by atoms with van der Waals surface area (Å²) in [7, 11) is 0. The van der Waals surface area contributed by atoms with Crippen molar-refractivity contribution >= 4 is 5.95 Å². The van der Waals surface area contributed by atoms with Crippen LogP contribution in [0.15, 0.2) is 12.4 Å². The van der Waals surface area contributed by atoms with Crippen LogP contribution in [-0.2, 0) is 0 Å². The third-order valence-electron chi connectivity index (χ3n) is 3.96. The van der Waals surface area contributed by atoms with Crippen LogP contribution in [0.4, 0.5) is 5.95 Å². The van der Waals surface area contributed by atoms with E-state index in [1.807, 2.05) is 6.20 Å². The van der Waals surface area contributed by atoms with Crippen LogP contribution in [0.25, 0.3) is 0 Å². The quantitative estimate of drug-likeness (QED) is 0.846. The molecule has 0 atom stereocenters. The van der Waals surface area contributed by atoms with Crippen molar-refractivity contribution < 1.29 is 0 Å². The first kappa shape index (κ1) is 10.2. The fourth-order valence-corrected chi connectivity index (χ4v) is 2.66. The Morgan fingerprint density at radius 1 is 1.19 bits per heavy atom. The minimum Gasteiger partial charge on any atom is -0.353 e. The molecule has 0 amide bonds. The zero-order valence-electron chi connectivity index (χ0n) is 10.0. The maximum absolute atomic E-state index is 4.44. The monoisotopic (exact) mass is 219 g/mol. The van der Waals surface area contributed by atoms with Gasteiger partial charge < -0.3 is 9.88 Å². The zero-order valence-corrected chi connectivity index (χ0v) is 10.0. The molecule has 1 heterocycles. The summed E-state index contributed by atoms with van der Waals surface area (Å²) >= 11 is 0. The summed E-state index contributed by atoms with van der Waals surface area (Å²) in [5.41, 5.74) is 0. The molecule has 88 valence electrons. The average molecular weight is 219 g/mol. The fraction of sp³-hybridized carbons (Fsp3) is 0.769. The summed E-state index contributed by atoms with van der Waals surface area (Å²) in [6, 6.07) is 1.38. The minimum absolute atomic E-state index is 0.649. The van der Waals surface area contributed by atoms with E-state index in [0.29, 0.717) is 6.04 Å². The molecule has 2 aliphatic rings. The van der Waals surface area contributed by atoms with Gasteiger partial charge in [0.05, 0.1) is 0 Å². The lowest BCUT2D eigenvalue weighted by molar-refractivity contribution is 0.359. The molecular weight excluding hydrogens is 198 g/mol. The van der Waals surface area contributed by atoms with Crippen LogP contribution in [0, 0.1) is 5.92 Å². The van der Waals surface area contributed by atoms with E-state index < -0.39 is 0 Å². The molecule has 2 aliphatic carbocycles. The summed E-state index contributed by atoms with van der Waals surface area (Å²) in [6.07, 6.45) is 12.0. The van der Waals surface area contributed by atoms with Gasteiger partial charge in [0.1, 0.15) is 0 Å². The normalized spacial score (nSPS) is 30.3. The minimum atomic E-state index is 0.649.